The van der Waals surface area contributed by atoms with Gasteiger partial charge in [0.25, 0.3) is 11.8 Å². The van der Waals surface area contributed by atoms with Crippen LogP contribution in [0.2, 0.25) is 0 Å². The Morgan fingerprint density at radius 2 is 1.55 bits per heavy atom. The molecular formula is C32H29F3N2O3. The zero-order valence-electron chi connectivity index (χ0n) is 22.1. The maximum absolute atomic E-state index is 13.2. The molecule has 0 bridgehead atoms. The minimum Gasteiger partial charge on any atom is -0.497 e. The smallest absolute Gasteiger partial charge is 0.416 e. The van der Waals surface area contributed by atoms with E-state index in [1.165, 1.54) is 12.1 Å². The van der Waals surface area contributed by atoms with Gasteiger partial charge in [0, 0.05) is 16.8 Å². The van der Waals surface area contributed by atoms with Gasteiger partial charge in [-0.05, 0) is 71.6 Å². The van der Waals surface area contributed by atoms with Crippen molar-refractivity contribution in [3.05, 3.63) is 119 Å². The van der Waals surface area contributed by atoms with Crippen molar-refractivity contribution < 1.29 is 27.5 Å². The Bertz CT molecular complexity index is 1470. The lowest BCUT2D eigenvalue weighted by Gasteiger charge is -2.19. The van der Waals surface area contributed by atoms with Crippen molar-refractivity contribution in [1.29, 1.82) is 0 Å². The van der Waals surface area contributed by atoms with Gasteiger partial charge in [0.1, 0.15) is 5.75 Å². The number of carbonyl (C=O) groups is 2. The third-order valence-electron chi connectivity index (χ3n) is 6.48. The predicted octanol–water partition coefficient (Wildman–Crippen LogP) is 7.90. The monoisotopic (exact) mass is 546 g/mol. The average molecular weight is 547 g/mol. The molecule has 0 aliphatic carbocycles. The van der Waals surface area contributed by atoms with Crippen molar-refractivity contribution >= 4 is 17.5 Å². The Kier molecular flexibility index (Phi) is 8.89. The van der Waals surface area contributed by atoms with Crippen LogP contribution < -0.4 is 15.4 Å². The van der Waals surface area contributed by atoms with Gasteiger partial charge in [0.05, 0.1) is 18.7 Å². The molecule has 0 aliphatic heterocycles. The maximum atomic E-state index is 13.2. The molecule has 0 aliphatic rings. The number of carbonyl (C=O) groups excluding carboxylic acids is 2. The summed E-state index contributed by atoms with van der Waals surface area (Å²) < 4.78 is 44.2. The molecule has 0 saturated carbocycles. The minimum absolute atomic E-state index is 0.197. The first-order chi connectivity index (χ1) is 19.2. The van der Waals surface area contributed by atoms with Crippen molar-refractivity contribution in [1.82, 2.24) is 5.32 Å². The standard InChI is InChI=1S/C32H29F3N2O3/c1-3-7-29(22-14-18-26(40-2)19-15-22)37-30(38)23-8-6-9-25(20-23)36-31(39)28-11-5-4-10-27(28)21-12-16-24(17-13-21)32(33,34)35/h4-6,8-20,29H,3,7H2,1-2H3,(H,36,39)(H,37,38). The molecule has 206 valence electrons. The SMILES string of the molecule is CCCC(NC(=O)c1cccc(NC(=O)c2ccccc2-c2ccc(C(F)(F)F)cc2)c1)c1ccc(OC)cc1. The van der Waals surface area contributed by atoms with Crippen LogP contribution in [-0.2, 0) is 6.18 Å². The van der Waals surface area contributed by atoms with Crippen LogP contribution in [0.15, 0.2) is 97.1 Å². The van der Waals surface area contributed by atoms with Gasteiger partial charge in [0.15, 0.2) is 0 Å². The summed E-state index contributed by atoms with van der Waals surface area (Å²) in [5.41, 5.74) is 2.25. The first-order valence-corrected chi connectivity index (χ1v) is 12.8. The topological polar surface area (TPSA) is 67.4 Å². The number of hydrogen-bond donors (Lipinski definition) is 2. The van der Waals surface area contributed by atoms with E-state index in [1.807, 2.05) is 31.2 Å². The van der Waals surface area contributed by atoms with Gasteiger partial charge in [-0.1, -0.05) is 61.9 Å². The van der Waals surface area contributed by atoms with E-state index >= 15 is 0 Å². The van der Waals surface area contributed by atoms with Gasteiger partial charge in [0.2, 0.25) is 0 Å². The number of ether oxygens (including phenoxy) is 1. The van der Waals surface area contributed by atoms with E-state index in [0.717, 1.165) is 36.3 Å². The van der Waals surface area contributed by atoms with E-state index in [9.17, 15) is 22.8 Å². The lowest BCUT2D eigenvalue weighted by Crippen LogP contribution is -2.28. The molecular weight excluding hydrogens is 517 g/mol. The van der Waals surface area contributed by atoms with Crippen LogP contribution in [0.25, 0.3) is 11.1 Å². The molecule has 0 heterocycles. The molecule has 2 N–H and O–H groups in total. The Hall–Kier alpha value is -4.59. The predicted molar refractivity (Wildman–Crippen MR) is 149 cm³/mol. The fourth-order valence-electron chi connectivity index (χ4n) is 4.40. The van der Waals surface area contributed by atoms with Gasteiger partial charge in [-0.25, -0.2) is 0 Å². The summed E-state index contributed by atoms with van der Waals surface area (Å²) >= 11 is 0. The largest absolute Gasteiger partial charge is 0.497 e. The Labute approximate surface area is 231 Å². The summed E-state index contributed by atoms with van der Waals surface area (Å²) in [5.74, 6) is -0.000617. The van der Waals surface area contributed by atoms with E-state index in [1.54, 1.807) is 55.6 Å². The fraction of sp³-hybridized carbons (Fsp3) is 0.188. The quantitative estimate of drug-likeness (QED) is 0.224. The van der Waals surface area contributed by atoms with Gasteiger partial charge in [-0.3, -0.25) is 9.59 Å². The molecule has 8 heteroatoms. The number of benzene rings is 4. The molecule has 5 nitrogen and oxygen atoms in total. The summed E-state index contributed by atoms with van der Waals surface area (Å²) in [7, 11) is 1.60. The van der Waals surface area contributed by atoms with Gasteiger partial charge < -0.3 is 15.4 Å². The zero-order chi connectivity index (χ0) is 28.7. The number of alkyl halides is 3. The number of rotatable bonds is 9. The second-order valence-corrected chi connectivity index (χ2v) is 9.24. The van der Waals surface area contributed by atoms with E-state index in [2.05, 4.69) is 10.6 Å². The average Bonchev–Trinajstić information content (AvgIpc) is 2.96. The highest BCUT2D eigenvalue weighted by Gasteiger charge is 2.30. The van der Waals surface area contributed by atoms with Gasteiger partial charge in [-0.15, -0.1) is 0 Å². The third-order valence-corrected chi connectivity index (χ3v) is 6.48. The molecule has 2 amide bonds. The van der Waals surface area contributed by atoms with Crippen LogP contribution in [0.1, 0.15) is 57.7 Å². The number of amides is 2. The lowest BCUT2D eigenvalue weighted by molar-refractivity contribution is -0.137. The number of halogens is 3. The van der Waals surface area contributed by atoms with E-state index in [0.29, 0.717) is 27.9 Å². The van der Waals surface area contributed by atoms with Crippen molar-refractivity contribution in [3.63, 3.8) is 0 Å². The number of nitrogens with one attached hydrogen (secondary N) is 2. The minimum atomic E-state index is -4.45. The molecule has 40 heavy (non-hydrogen) atoms. The van der Waals surface area contributed by atoms with Crippen LogP contribution in [0.5, 0.6) is 5.75 Å². The summed E-state index contributed by atoms with van der Waals surface area (Å²) in [6.45, 7) is 2.04. The Morgan fingerprint density at radius 1 is 0.850 bits per heavy atom. The van der Waals surface area contributed by atoms with Crippen molar-refractivity contribution in [2.24, 2.45) is 0 Å². The third kappa shape index (κ3) is 6.88. The summed E-state index contributed by atoms with van der Waals surface area (Å²) in [6.07, 6.45) is -2.83. The summed E-state index contributed by atoms with van der Waals surface area (Å²) in [6, 6.07) is 25.3. The first kappa shape index (κ1) is 28.4. The number of methoxy groups -OCH3 is 1. The molecule has 1 atom stereocenters. The second kappa shape index (κ2) is 12.5. The molecule has 4 rings (SSSR count). The highest BCUT2D eigenvalue weighted by molar-refractivity contribution is 6.09. The van der Waals surface area contributed by atoms with E-state index in [4.69, 9.17) is 4.74 Å². The van der Waals surface area contributed by atoms with Crippen molar-refractivity contribution in [3.8, 4) is 16.9 Å². The normalized spacial score (nSPS) is 11.9. The molecule has 0 fully saturated rings. The first-order valence-electron chi connectivity index (χ1n) is 12.8. The summed E-state index contributed by atoms with van der Waals surface area (Å²) in [5, 5.41) is 5.88. The van der Waals surface area contributed by atoms with Crippen LogP contribution >= 0.6 is 0 Å². The molecule has 4 aromatic carbocycles. The van der Waals surface area contributed by atoms with Crippen LogP contribution in [-0.4, -0.2) is 18.9 Å². The Morgan fingerprint density at radius 3 is 2.20 bits per heavy atom. The van der Waals surface area contributed by atoms with E-state index in [-0.39, 0.29) is 11.9 Å². The maximum Gasteiger partial charge on any atom is 0.416 e. The Balaban J connectivity index is 1.51. The van der Waals surface area contributed by atoms with Crippen molar-refractivity contribution in [2.45, 2.75) is 32.0 Å². The highest BCUT2D eigenvalue weighted by Crippen LogP contribution is 2.32. The van der Waals surface area contributed by atoms with E-state index < -0.39 is 17.6 Å². The molecule has 0 saturated heterocycles. The molecule has 0 radical (unpaired) electrons. The molecule has 0 spiro atoms. The van der Waals surface area contributed by atoms with Gasteiger partial charge >= 0.3 is 6.18 Å². The fourth-order valence-corrected chi connectivity index (χ4v) is 4.40. The molecule has 0 aromatic heterocycles. The van der Waals surface area contributed by atoms with Crippen LogP contribution in [0.3, 0.4) is 0 Å². The molecule has 1 unspecified atom stereocenters. The highest BCUT2D eigenvalue weighted by atomic mass is 19.4. The number of anilines is 1. The van der Waals surface area contributed by atoms with Gasteiger partial charge in [-0.2, -0.15) is 13.2 Å². The van der Waals surface area contributed by atoms with Crippen LogP contribution in [0.4, 0.5) is 18.9 Å². The zero-order valence-corrected chi connectivity index (χ0v) is 22.1. The number of hydrogen-bond acceptors (Lipinski definition) is 3. The van der Waals surface area contributed by atoms with Crippen LogP contribution in [0, 0.1) is 0 Å². The summed E-state index contributed by atoms with van der Waals surface area (Å²) in [4.78, 5) is 26.4. The lowest BCUT2D eigenvalue weighted by atomic mass is 9.98. The molecule has 4 aromatic rings. The second-order valence-electron chi connectivity index (χ2n) is 9.24. The van der Waals surface area contributed by atoms with Crippen molar-refractivity contribution in [2.75, 3.05) is 12.4 Å².